The molecular formula is C5H13NOS. The SMILES string of the molecule is CCC(CC)[S+](N)[O-]. The van der Waals surface area contributed by atoms with Crippen molar-refractivity contribution in [2.75, 3.05) is 0 Å². The first-order valence-corrected chi connectivity index (χ1v) is 4.14. The van der Waals surface area contributed by atoms with Crippen LogP contribution < -0.4 is 5.14 Å². The summed E-state index contributed by atoms with van der Waals surface area (Å²) in [6.45, 7) is 4.00. The second kappa shape index (κ2) is 4.18. The normalized spacial score (nSPS) is 14.6. The third-order valence-corrected chi connectivity index (χ3v) is 2.56. The quantitative estimate of drug-likeness (QED) is 0.582. The van der Waals surface area contributed by atoms with E-state index in [9.17, 15) is 4.55 Å². The monoisotopic (exact) mass is 135 g/mol. The Kier molecular flexibility index (Phi) is 4.32. The first-order valence-electron chi connectivity index (χ1n) is 2.87. The minimum Gasteiger partial charge on any atom is -0.598 e. The predicted octanol–water partition coefficient (Wildman–Crippen LogP) is 0.797. The highest BCUT2D eigenvalue weighted by atomic mass is 32.2. The van der Waals surface area contributed by atoms with Crippen LogP contribution >= 0.6 is 0 Å². The zero-order valence-corrected chi connectivity index (χ0v) is 6.20. The number of nitrogens with two attached hydrogens (primary N) is 1. The van der Waals surface area contributed by atoms with Gasteiger partial charge in [-0.15, -0.1) is 0 Å². The van der Waals surface area contributed by atoms with Crippen molar-refractivity contribution in [1.29, 1.82) is 0 Å². The summed E-state index contributed by atoms with van der Waals surface area (Å²) in [7, 11) is 0. The molecule has 0 bridgehead atoms. The molecule has 2 nitrogen and oxygen atoms in total. The smallest absolute Gasteiger partial charge is 0.134 e. The molecule has 1 unspecified atom stereocenters. The van der Waals surface area contributed by atoms with Gasteiger partial charge < -0.3 is 4.55 Å². The van der Waals surface area contributed by atoms with Crippen molar-refractivity contribution in [1.82, 2.24) is 0 Å². The molecule has 0 aliphatic heterocycles. The summed E-state index contributed by atoms with van der Waals surface area (Å²) in [5.41, 5.74) is 0. The van der Waals surface area contributed by atoms with Gasteiger partial charge in [0.25, 0.3) is 0 Å². The van der Waals surface area contributed by atoms with Crippen molar-refractivity contribution in [3.63, 3.8) is 0 Å². The van der Waals surface area contributed by atoms with Gasteiger partial charge in [-0.2, -0.15) is 5.14 Å². The lowest BCUT2D eigenvalue weighted by Gasteiger charge is -2.11. The summed E-state index contributed by atoms with van der Waals surface area (Å²) < 4.78 is 10.5. The molecule has 50 valence electrons. The van der Waals surface area contributed by atoms with Gasteiger partial charge in [0.2, 0.25) is 0 Å². The second-order valence-corrected chi connectivity index (χ2v) is 3.09. The van der Waals surface area contributed by atoms with Crippen molar-refractivity contribution in [3.05, 3.63) is 0 Å². The van der Waals surface area contributed by atoms with E-state index in [-0.39, 0.29) is 5.25 Å². The van der Waals surface area contributed by atoms with Crippen LogP contribution in [0.1, 0.15) is 26.7 Å². The van der Waals surface area contributed by atoms with Gasteiger partial charge in [0.15, 0.2) is 0 Å². The van der Waals surface area contributed by atoms with Gasteiger partial charge in [0.1, 0.15) is 5.25 Å². The molecule has 0 aliphatic rings. The van der Waals surface area contributed by atoms with Crippen LogP contribution in [0, 0.1) is 0 Å². The van der Waals surface area contributed by atoms with Gasteiger partial charge in [0.05, 0.1) is 0 Å². The molecule has 0 rings (SSSR count). The van der Waals surface area contributed by atoms with E-state index in [0.29, 0.717) is 0 Å². The largest absolute Gasteiger partial charge is 0.598 e. The fraction of sp³-hybridized carbons (Fsp3) is 1.00. The molecule has 0 aromatic carbocycles. The molecule has 0 saturated heterocycles. The molecule has 0 aromatic heterocycles. The third-order valence-electron chi connectivity index (χ3n) is 1.24. The van der Waals surface area contributed by atoms with Crippen LogP contribution in [0.2, 0.25) is 0 Å². The zero-order valence-electron chi connectivity index (χ0n) is 5.39. The van der Waals surface area contributed by atoms with E-state index in [1.165, 1.54) is 0 Å². The predicted molar refractivity (Wildman–Crippen MR) is 36.7 cm³/mol. The first-order chi connectivity index (χ1) is 3.72. The fourth-order valence-electron chi connectivity index (χ4n) is 0.617. The highest BCUT2D eigenvalue weighted by Gasteiger charge is 2.12. The van der Waals surface area contributed by atoms with E-state index in [1.807, 2.05) is 13.8 Å². The van der Waals surface area contributed by atoms with E-state index in [4.69, 9.17) is 5.14 Å². The molecule has 8 heavy (non-hydrogen) atoms. The topological polar surface area (TPSA) is 49.1 Å². The summed E-state index contributed by atoms with van der Waals surface area (Å²) >= 11 is -1.10. The molecule has 0 spiro atoms. The Morgan fingerprint density at radius 1 is 1.50 bits per heavy atom. The third kappa shape index (κ3) is 2.55. The molecule has 0 fully saturated rings. The Labute approximate surface area is 53.8 Å². The van der Waals surface area contributed by atoms with Gasteiger partial charge in [0, 0.05) is 11.4 Å². The number of rotatable bonds is 3. The summed E-state index contributed by atoms with van der Waals surface area (Å²) in [6.07, 6.45) is 1.83. The van der Waals surface area contributed by atoms with E-state index >= 15 is 0 Å². The minimum atomic E-state index is -1.10. The van der Waals surface area contributed by atoms with E-state index < -0.39 is 11.4 Å². The van der Waals surface area contributed by atoms with Crippen molar-refractivity contribution < 1.29 is 4.55 Å². The lowest BCUT2D eigenvalue weighted by Crippen LogP contribution is -2.27. The van der Waals surface area contributed by atoms with E-state index in [0.717, 1.165) is 12.8 Å². The molecule has 0 aliphatic carbocycles. The average molecular weight is 135 g/mol. The summed E-state index contributed by atoms with van der Waals surface area (Å²) in [6, 6.07) is 0. The minimum absolute atomic E-state index is 0.204. The van der Waals surface area contributed by atoms with Gasteiger partial charge >= 0.3 is 0 Å². The van der Waals surface area contributed by atoms with Crippen LogP contribution in [0.3, 0.4) is 0 Å². The average Bonchev–Trinajstić information content (AvgIpc) is 1.69. The molecule has 0 amide bonds. The molecule has 2 N–H and O–H groups in total. The highest BCUT2D eigenvalue weighted by Crippen LogP contribution is 2.04. The van der Waals surface area contributed by atoms with Crippen molar-refractivity contribution in [3.8, 4) is 0 Å². The molecule has 3 heteroatoms. The maximum Gasteiger partial charge on any atom is 0.134 e. The molecule has 0 saturated carbocycles. The Morgan fingerprint density at radius 2 is 1.88 bits per heavy atom. The second-order valence-electron chi connectivity index (χ2n) is 1.77. The summed E-state index contributed by atoms with van der Waals surface area (Å²) in [5, 5.41) is 5.33. The Morgan fingerprint density at radius 3 is 1.88 bits per heavy atom. The standard InChI is InChI=1S/C5H13NOS/c1-3-5(4-2)8(6)7/h5H,3-4,6H2,1-2H3. The zero-order chi connectivity index (χ0) is 6.57. The fourth-order valence-corrected chi connectivity index (χ4v) is 1.27. The van der Waals surface area contributed by atoms with Crippen molar-refractivity contribution >= 4 is 11.4 Å². The van der Waals surface area contributed by atoms with Gasteiger partial charge in [-0.3, -0.25) is 0 Å². The highest BCUT2D eigenvalue weighted by molar-refractivity contribution is 7.89. The summed E-state index contributed by atoms with van der Waals surface area (Å²) in [5.74, 6) is 0. The molecule has 0 aromatic rings. The lowest BCUT2D eigenvalue weighted by molar-refractivity contribution is 0.572. The molecule has 0 radical (unpaired) electrons. The van der Waals surface area contributed by atoms with Crippen molar-refractivity contribution in [2.45, 2.75) is 31.9 Å². The maximum atomic E-state index is 10.5. The van der Waals surface area contributed by atoms with Crippen LogP contribution in [-0.4, -0.2) is 9.80 Å². The maximum absolute atomic E-state index is 10.5. The Hall–Kier alpha value is 0.270. The van der Waals surface area contributed by atoms with Crippen LogP contribution in [0.15, 0.2) is 0 Å². The van der Waals surface area contributed by atoms with E-state index in [1.54, 1.807) is 0 Å². The van der Waals surface area contributed by atoms with Crippen LogP contribution in [0.25, 0.3) is 0 Å². The van der Waals surface area contributed by atoms with Crippen LogP contribution in [0.5, 0.6) is 0 Å². The van der Waals surface area contributed by atoms with Gasteiger partial charge in [-0.25, -0.2) is 0 Å². The first kappa shape index (κ1) is 8.27. The Bertz CT molecular complexity index is 54.4. The van der Waals surface area contributed by atoms with Gasteiger partial charge in [-0.1, -0.05) is 13.8 Å². The molecule has 1 atom stereocenters. The van der Waals surface area contributed by atoms with Crippen molar-refractivity contribution in [2.24, 2.45) is 5.14 Å². The van der Waals surface area contributed by atoms with Crippen LogP contribution in [0.4, 0.5) is 0 Å². The molecule has 0 heterocycles. The number of hydrogen-bond donors (Lipinski definition) is 1. The van der Waals surface area contributed by atoms with Crippen LogP contribution in [-0.2, 0) is 11.4 Å². The summed E-state index contributed by atoms with van der Waals surface area (Å²) in [4.78, 5) is 0. The molecular weight excluding hydrogens is 122 g/mol. The van der Waals surface area contributed by atoms with E-state index in [2.05, 4.69) is 0 Å². The van der Waals surface area contributed by atoms with Gasteiger partial charge in [-0.05, 0) is 12.8 Å². The lowest BCUT2D eigenvalue weighted by atomic mass is 10.3. The Balaban J connectivity index is 3.35. The number of hydrogen-bond acceptors (Lipinski definition) is 2.